The molecule has 1 unspecified atom stereocenters. The summed E-state index contributed by atoms with van der Waals surface area (Å²) in [7, 11) is 0. The van der Waals surface area contributed by atoms with Crippen molar-refractivity contribution in [3.63, 3.8) is 0 Å². The second-order valence-corrected chi connectivity index (χ2v) is 6.65. The number of nitrogens with one attached hydrogen (secondary N) is 1. The summed E-state index contributed by atoms with van der Waals surface area (Å²) < 4.78 is 0. The van der Waals surface area contributed by atoms with E-state index in [1.54, 1.807) is 0 Å². The number of aryl methyl sites for hydroxylation is 1. The van der Waals surface area contributed by atoms with Crippen molar-refractivity contribution in [2.24, 2.45) is 5.92 Å². The minimum absolute atomic E-state index is 0.723. The van der Waals surface area contributed by atoms with Crippen molar-refractivity contribution in [2.75, 3.05) is 13.1 Å². The molecule has 1 heterocycles. The summed E-state index contributed by atoms with van der Waals surface area (Å²) in [6.07, 6.45) is 4.76. The minimum atomic E-state index is 0.723. The molecule has 1 aliphatic heterocycles. The lowest BCUT2D eigenvalue weighted by Gasteiger charge is -2.24. The van der Waals surface area contributed by atoms with E-state index in [1.165, 1.54) is 35.1 Å². The Bertz CT molecular complexity index is 629. The van der Waals surface area contributed by atoms with Gasteiger partial charge in [-0.15, -0.1) is 0 Å². The molecule has 0 saturated carbocycles. The third kappa shape index (κ3) is 3.53. The zero-order valence-corrected chi connectivity index (χ0v) is 14.0. The maximum absolute atomic E-state index is 6.56. The van der Waals surface area contributed by atoms with Gasteiger partial charge in [-0.3, -0.25) is 0 Å². The second kappa shape index (κ2) is 7.30. The summed E-state index contributed by atoms with van der Waals surface area (Å²) in [4.78, 5) is 0. The first-order valence-electron chi connectivity index (χ1n) is 8.35. The Morgan fingerprint density at radius 2 is 2.05 bits per heavy atom. The van der Waals surface area contributed by atoms with Crippen molar-refractivity contribution < 1.29 is 0 Å². The molecule has 0 aromatic heterocycles. The quantitative estimate of drug-likeness (QED) is 0.827. The highest BCUT2D eigenvalue weighted by atomic mass is 35.5. The van der Waals surface area contributed by atoms with Crippen LogP contribution in [0.25, 0.3) is 11.1 Å². The van der Waals surface area contributed by atoms with Gasteiger partial charge in [0.25, 0.3) is 0 Å². The Hall–Kier alpha value is -1.31. The molecule has 1 fully saturated rings. The SMILES string of the molecule is CCc1cccc(-c2c(Cl)cccc2CC2CCCNC2)c1. The molecule has 2 heteroatoms. The Kier molecular flexibility index (Phi) is 5.17. The molecule has 1 N–H and O–H groups in total. The van der Waals surface area contributed by atoms with Crippen LogP contribution in [0.1, 0.15) is 30.9 Å². The molecule has 2 aromatic carbocycles. The van der Waals surface area contributed by atoms with Crippen LogP contribution >= 0.6 is 11.6 Å². The van der Waals surface area contributed by atoms with E-state index < -0.39 is 0 Å². The monoisotopic (exact) mass is 313 g/mol. The molecular weight excluding hydrogens is 290 g/mol. The number of hydrogen-bond donors (Lipinski definition) is 1. The van der Waals surface area contributed by atoms with Gasteiger partial charge < -0.3 is 5.32 Å². The number of piperidine rings is 1. The van der Waals surface area contributed by atoms with E-state index in [4.69, 9.17) is 11.6 Å². The maximum atomic E-state index is 6.56. The molecule has 2 aromatic rings. The summed E-state index contributed by atoms with van der Waals surface area (Å²) in [5.74, 6) is 0.723. The van der Waals surface area contributed by atoms with Crippen molar-refractivity contribution in [1.29, 1.82) is 0 Å². The molecule has 1 aliphatic rings. The largest absolute Gasteiger partial charge is 0.316 e. The summed E-state index contributed by atoms with van der Waals surface area (Å²) in [6.45, 7) is 4.48. The van der Waals surface area contributed by atoms with Crippen LogP contribution in [0, 0.1) is 5.92 Å². The van der Waals surface area contributed by atoms with E-state index in [0.29, 0.717) is 0 Å². The molecule has 1 atom stereocenters. The first-order chi connectivity index (χ1) is 10.8. The molecule has 0 spiro atoms. The van der Waals surface area contributed by atoms with Crippen molar-refractivity contribution in [2.45, 2.75) is 32.6 Å². The van der Waals surface area contributed by atoms with Crippen LogP contribution in [0.4, 0.5) is 0 Å². The Morgan fingerprint density at radius 3 is 2.82 bits per heavy atom. The topological polar surface area (TPSA) is 12.0 Å². The fourth-order valence-electron chi connectivity index (χ4n) is 3.42. The van der Waals surface area contributed by atoms with Crippen molar-refractivity contribution in [3.8, 4) is 11.1 Å². The van der Waals surface area contributed by atoms with E-state index in [9.17, 15) is 0 Å². The molecule has 1 nitrogen and oxygen atoms in total. The lowest BCUT2D eigenvalue weighted by molar-refractivity contribution is 0.376. The summed E-state index contributed by atoms with van der Waals surface area (Å²) in [6, 6.07) is 15.1. The fourth-order valence-corrected chi connectivity index (χ4v) is 3.72. The van der Waals surface area contributed by atoms with Gasteiger partial charge in [0.2, 0.25) is 0 Å². The van der Waals surface area contributed by atoms with Crippen LogP contribution in [-0.4, -0.2) is 13.1 Å². The molecular formula is C20H24ClN. The normalized spacial score (nSPS) is 18.4. The molecule has 116 valence electrons. The number of halogens is 1. The van der Waals surface area contributed by atoms with Crippen LogP contribution in [-0.2, 0) is 12.8 Å². The molecule has 3 rings (SSSR count). The third-order valence-corrected chi connectivity index (χ3v) is 4.95. The Morgan fingerprint density at radius 1 is 1.18 bits per heavy atom. The van der Waals surface area contributed by atoms with Crippen LogP contribution in [0.15, 0.2) is 42.5 Å². The van der Waals surface area contributed by atoms with Gasteiger partial charge in [0.05, 0.1) is 0 Å². The van der Waals surface area contributed by atoms with Gasteiger partial charge in [-0.25, -0.2) is 0 Å². The third-order valence-electron chi connectivity index (χ3n) is 4.63. The molecule has 0 bridgehead atoms. The summed E-state index contributed by atoms with van der Waals surface area (Å²) >= 11 is 6.56. The van der Waals surface area contributed by atoms with E-state index in [0.717, 1.165) is 36.9 Å². The highest BCUT2D eigenvalue weighted by Crippen LogP contribution is 2.34. The smallest absolute Gasteiger partial charge is 0.0487 e. The first-order valence-corrected chi connectivity index (χ1v) is 8.73. The van der Waals surface area contributed by atoms with Crippen molar-refractivity contribution >= 4 is 11.6 Å². The van der Waals surface area contributed by atoms with Gasteiger partial charge in [0, 0.05) is 10.6 Å². The van der Waals surface area contributed by atoms with Crippen molar-refractivity contribution in [1.82, 2.24) is 5.32 Å². The van der Waals surface area contributed by atoms with E-state index in [1.807, 2.05) is 6.07 Å². The predicted molar refractivity (Wildman–Crippen MR) is 95.6 cm³/mol. The lowest BCUT2D eigenvalue weighted by Crippen LogP contribution is -2.30. The summed E-state index contributed by atoms with van der Waals surface area (Å²) in [5, 5.41) is 4.38. The van der Waals surface area contributed by atoms with Gasteiger partial charge in [-0.2, -0.15) is 0 Å². The van der Waals surface area contributed by atoms with Crippen LogP contribution in [0.5, 0.6) is 0 Å². The zero-order valence-electron chi connectivity index (χ0n) is 13.2. The van der Waals surface area contributed by atoms with Gasteiger partial charge in [0.15, 0.2) is 0 Å². The standard InChI is InChI=1S/C20H24ClN/c1-2-15-6-3-8-17(12-15)20-18(9-4-10-19(20)21)13-16-7-5-11-22-14-16/h3-4,6,8-10,12,16,22H,2,5,7,11,13-14H2,1H3. The predicted octanol–water partition coefficient (Wildman–Crippen LogP) is 5.11. The molecule has 0 radical (unpaired) electrons. The average Bonchev–Trinajstić information content (AvgIpc) is 2.56. The van der Waals surface area contributed by atoms with Crippen LogP contribution in [0.2, 0.25) is 5.02 Å². The van der Waals surface area contributed by atoms with Crippen LogP contribution in [0.3, 0.4) is 0 Å². The van der Waals surface area contributed by atoms with E-state index >= 15 is 0 Å². The molecule has 0 aliphatic carbocycles. The summed E-state index contributed by atoms with van der Waals surface area (Å²) in [5.41, 5.74) is 5.23. The van der Waals surface area contributed by atoms with Gasteiger partial charge in [-0.1, -0.05) is 54.9 Å². The number of rotatable bonds is 4. The van der Waals surface area contributed by atoms with Crippen molar-refractivity contribution in [3.05, 3.63) is 58.6 Å². The zero-order chi connectivity index (χ0) is 15.4. The fraction of sp³-hybridized carbons (Fsp3) is 0.400. The average molecular weight is 314 g/mol. The van der Waals surface area contributed by atoms with Gasteiger partial charge >= 0.3 is 0 Å². The lowest BCUT2D eigenvalue weighted by atomic mass is 9.88. The Labute approximate surface area is 138 Å². The number of benzene rings is 2. The van der Waals surface area contributed by atoms with Gasteiger partial charge in [0.1, 0.15) is 0 Å². The van der Waals surface area contributed by atoms with Gasteiger partial charge in [-0.05, 0) is 67.4 Å². The number of hydrogen-bond acceptors (Lipinski definition) is 1. The maximum Gasteiger partial charge on any atom is 0.0487 e. The highest BCUT2D eigenvalue weighted by Gasteiger charge is 2.17. The van der Waals surface area contributed by atoms with E-state index in [-0.39, 0.29) is 0 Å². The van der Waals surface area contributed by atoms with Crippen LogP contribution < -0.4 is 5.32 Å². The molecule has 1 saturated heterocycles. The Balaban J connectivity index is 1.95. The highest BCUT2D eigenvalue weighted by molar-refractivity contribution is 6.33. The molecule has 22 heavy (non-hydrogen) atoms. The first kappa shape index (κ1) is 15.6. The van der Waals surface area contributed by atoms with E-state index in [2.05, 4.69) is 48.6 Å². The minimum Gasteiger partial charge on any atom is -0.316 e. The molecule has 0 amide bonds. The second-order valence-electron chi connectivity index (χ2n) is 6.24.